The van der Waals surface area contributed by atoms with Crippen LogP contribution in [0.3, 0.4) is 0 Å². The summed E-state index contributed by atoms with van der Waals surface area (Å²) in [6.07, 6.45) is 1.03. The van der Waals surface area contributed by atoms with E-state index in [-0.39, 0.29) is 0 Å². The standard InChI is InChI=1S/C17H24N4/c1-5-13-8-7-9-14(10-13)19-16-11-15(18-6-2)20-17(21-16)12(3)4/h7-12H,5-6H2,1-4H3,(H2,18,19,20,21). The molecule has 0 bridgehead atoms. The Morgan fingerprint density at radius 3 is 2.48 bits per heavy atom. The summed E-state index contributed by atoms with van der Waals surface area (Å²) >= 11 is 0. The van der Waals surface area contributed by atoms with E-state index in [2.05, 4.69) is 72.6 Å². The zero-order chi connectivity index (χ0) is 15.2. The molecule has 0 saturated heterocycles. The molecule has 2 rings (SSSR count). The zero-order valence-corrected chi connectivity index (χ0v) is 13.3. The van der Waals surface area contributed by atoms with Gasteiger partial charge < -0.3 is 10.6 Å². The Morgan fingerprint density at radius 2 is 1.81 bits per heavy atom. The number of aryl methyl sites for hydroxylation is 1. The minimum Gasteiger partial charge on any atom is -0.370 e. The van der Waals surface area contributed by atoms with Gasteiger partial charge in [0, 0.05) is 24.2 Å². The van der Waals surface area contributed by atoms with Crippen molar-refractivity contribution >= 4 is 17.3 Å². The molecule has 21 heavy (non-hydrogen) atoms. The second-order valence-electron chi connectivity index (χ2n) is 5.36. The normalized spacial score (nSPS) is 10.7. The molecule has 2 aromatic rings. The lowest BCUT2D eigenvalue weighted by molar-refractivity contribution is 0.777. The maximum Gasteiger partial charge on any atom is 0.136 e. The van der Waals surface area contributed by atoms with Gasteiger partial charge in [-0.2, -0.15) is 0 Å². The zero-order valence-electron chi connectivity index (χ0n) is 13.3. The third-order valence-electron chi connectivity index (χ3n) is 3.23. The van der Waals surface area contributed by atoms with Crippen LogP contribution in [0.4, 0.5) is 17.3 Å². The van der Waals surface area contributed by atoms with Gasteiger partial charge in [0.15, 0.2) is 0 Å². The Kier molecular flexibility index (Phi) is 5.14. The van der Waals surface area contributed by atoms with Crippen LogP contribution in [0.15, 0.2) is 30.3 Å². The quantitative estimate of drug-likeness (QED) is 0.828. The number of anilines is 3. The van der Waals surface area contributed by atoms with Crippen LogP contribution in [0.1, 0.15) is 45.0 Å². The summed E-state index contributed by atoms with van der Waals surface area (Å²) in [5.41, 5.74) is 2.37. The Morgan fingerprint density at radius 1 is 1.05 bits per heavy atom. The predicted octanol–water partition coefficient (Wildman–Crippen LogP) is 4.34. The Labute approximate surface area is 127 Å². The van der Waals surface area contributed by atoms with E-state index in [1.807, 2.05) is 6.07 Å². The second-order valence-corrected chi connectivity index (χ2v) is 5.36. The molecule has 112 valence electrons. The molecule has 0 fully saturated rings. The van der Waals surface area contributed by atoms with Gasteiger partial charge in [0.2, 0.25) is 0 Å². The van der Waals surface area contributed by atoms with E-state index in [4.69, 9.17) is 0 Å². The van der Waals surface area contributed by atoms with Crippen LogP contribution in [-0.4, -0.2) is 16.5 Å². The first-order chi connectivity index (χ1) is 10.1. The molecule has 0 atom stereocenters. The number of aromatic nitrogens is 2. The van der Waals surface area contributed by atoms with Crippen molar-refractivity contribution in [3.8, 4) is 0 Å². The maximum atomic E-state index is 4.60. The fourth-order valence-electron chi connectivity index (χ4n) is 2.08. The van der Waals surface area contributed by atoms with E-state index < -0.39 is 0 Å². The first kappa shape index (κ1) is 15.3. The molecule has 0 unspecified atom stereocenters. The van der Waals surface area contributed by atoms with E-state index in [0.29, 0.717) is 5.92 Å². The van der Waals surface area contributed by atoms with Gasteiger partial charge in [-0.15, -0.1) is 0 Å². The van der Waals surface area contributed by atoms with Gasteiger partial charge in [-0.25, -0.2) is 9.97 Å². The van der Waals surface area contributed by atoms with E-state index >= 15 is 0 Å². The molecule has 4 heteroatoms. The highest BCUT2D eigenvalue weighted by Crippen LogP contribution is 2.21. The van der Waals surface area contributed by atoms with Crippen molar-refractivity contribution in [1.29, 1.82) is 0 Å². The average molecular weight is 284 g/mol. The number of benzene rings is 1. The fraction of sp³-hybridized carbons (Fsp3) is 0.412. The van der Waals surface area contributed by atoms with Crippen molar-refractivity contribution in [2.75, 3.05) is 17.2 Å². The Hall–Kier alpha value is -2.10. The van der Waals surface area contributed by atoms with Crippen LogP contribution in [0.25, 0.3) is 0 Å². The van der Waals surface area contributed by atoms with Crippen LogP contribution in [0.5, 0.6) is 0 Å². The summed E-state index contributed by atoms with van der Waals surface area (Å²) in [5.74, 6) is 2.84. The molecule has 1 aromatic heterocycles. The summed E-state index contributed by atoms with van der Waals surface area (Å²) in [7, 11) is 0. The van der Waals surface area contributed by atoms with Gasteiger partial charge in [-0.3, -0.25) is 0 Å². The van der Waals surface area contributed by atoms with Gasteiger partial charge in [0.1, 0.15) is 17.5 Å². The summed E-state index contributed by atoms with van der Waals surface area (Å²) in [6, 6.07) is 10.4. The molecular formula is C17H24N4. The average Bonchev–Trinajstić information content (AvgIpc) is 2.47. The van der Waals surface area contributed by atoms with Crippen molar-refractivity contribution in [2.24, 2.45) is 0 Å². The smallest absolute Gasteiger partial charge is 0.136 e. The molecule has 2 N–H and O–H groups in total. The molecule has 4 nitrogen and oxygen atoms in total. The molecule has 1 heterocycles. The Balaban J connectivity index is 2.29. The third kappa shape index (κ3) is 4.18. The highest BCUT2D eigenvalue weighted by molar-refractivity contribution is 5.60. The lowest BCUT2D eigenvalue weighted by Crippen LogP contribution is -2.07. The van der Waals surface area contributed by atoms with Crippen LogP contribution in [0, 0.1) is 0 Å². The molecule has 0 saturated carbocycles. The number of nitrogens with zero attached hydrogens (tertiary/aromatic N) is 2. The van der Waals surface area contributed by atoms with Crippen molar-refractivity contribution in [1.82, 2.24) is 9.97 Å². The van der Waals surface area contributed by atoms with Crippen LogP contribution >= 0.6 is 0 Å². The molecule has 0 spiro atoms. The maximum absolute atomic E-state index is 4.60. The van der Waals surface area contributed by atoms with Gasteiger partial charge in [-0.1, -0.05) is 32.9 Å². The van der Waals surface area contributed by atoms with Gasteiger partial charge in [0.05, 0.1) is 0 Å². The number of hydrogen-bond acceptors (Lipinski definition) is 4. The van der Waals surface area contributed by atoms with E-state index in [1.165, 1.54) is 5.56 Å². The van der Waals surface area contributed by atoms with Gasteiger partial charge in [0.25, 0.3) is 0 Å². The highest BCUT2D eigenvalue weighted by Gasteiger charge is 2.08. The minimum atomic E-state index is 0.297. The Bertz CT molecular complexity index is 593. The first-order valence-electron chi connectivity index (χ1n) is 7.61. The lowest BCUT2D eigenvalue weighted by atomic mass is 10.1. The fourth-order valence-corrected chi connectivity index (χ4v) is 2.08. The molecule has 0 aliphatic heterocycles. The molecular weight excluding hydrogens is 260 g/mol. The van der Waals surface area contributed by atoms with Crippen molar-refractivity contribution < 1.29 is 0 Å². The predicted molar refractivity (Wildman–Crippen MR) is 89.4 cm³/mol. The highest BCUT2D eigenvalue weighted by atomic mass is 15.1. The molecule has 0 aliphatic rings. The van der Waals surface area contributed by atoms with Crippen molar-refractivity contribution in [3.05, 3.63) is 41.7 Å². The summed E-state index contributed by atoms with van der Waals surface area (Å²) < 4.78 is 0. The summed E-state index contributed by atoms with van der Waals surface area (Å²) in [4.78, 5) is 9.14. The largest absolute Gasteiger partial charge is 0.370 e. The van der Waals surface area contributed by atoms with Gasteiger partial charge in [-0.05, 0) is 31.0 Å². The van der Waals surface area contributed by atoms with E-state index in [1.54, 1.807) is 0 Å². The lowest BCUT2D eigenvalue weighted by Gasteiger charge is -2.12. The first-order valence-corrected chi connectivity index (χ1v) is 7.61. The van der Waals surface area contributed by atoms with Gasteiger partial charge >= 0.3 is 0 Å². The monoisotopic (exact) mass is 284 g/mol. The van der Waals surface area contributed by atoms with Crippen molar-refractivity contribution in [2.45, 2.75) is 40.0 Å². The SMILES string of the molecule is CCNc1cc(Nc2cccc(CC)c2)nc(C(C)C)n1. The molecule has 0 radical (unpaired) electrons. The number of rotatable bonds is 6. The number of hydrogen-bond donors (Lipinski definition) is 2. The summed E-state index contributed by atoms with van der Waals surface area (Å²) in [6.45, 7) is 9.28. The van der Waals surface area contributed by atoms with Crippen molar-refractivity contribution in [3.63, 3.8) is 0 Å². The van der Waals surface area contributed by atoms with Crippen LogP contribution in [0.2, 0.25) is 0 Å². The number of nitrogens with one attached hydrogen (secondary N) is 2. The molecule has 1 aromatic carbocycles. The minimum absolute atomic E-state index is 0.297. The van der Waals surface area contributed by atoms with E-state index in [9.17, 15) is 0 Å². The summed E-state index contributed by atoms with van der Waals surface area (Å²) in [5, 5.41) is 6.64. The second kappa shape index (κ2) is 7.07. The van der Waals surface area contributed by atoms with E-state index in [0.717, 1.165) is 36.1 Å². The molecule has 0 aliphatic carbocycles. The molecule has 0 amide bonds. The van der Waals surface area contributed by atoms with Crippen LogP contribution < -0.4 is 10.6 Å². The third-order valence-corrected chi connectivity index (χ3v) is 3.23. The van der Waals surface area contributed by atoms with Crippen LogP contribution in [-0.2, 0) is 6.42 Å². The topological polar surface area (TPSA) is 49.8 Å².